The number of rotatable bonds is 4. The number of amidine groups is 1. The zero-order valence-corrected chi connectivity index (χ0v) is 18.2. The van der Waals surface area contributed by atoms with Crippen LogP contribution in [0.25, 0.3) is 0 Å². The summed E-state index contributed by atoms with van der Waals surface area (Å²) in [5.41, 5.74) is 3.44. The summed E-state index contributed by atoms with van der Waals surface area (Å²) in [7, 11) is 1.70. The molecule has 0 aliphatic carbocycles. The SMILES string of the molecule is COc1ccccc1C[n+]1c(C)nn2c1N=C1SC(C)=NN1C2c1ccc(C)cc1. The molecule has 0 amide bonds. The average Bonchev–Trinajstić information content (AvgIpc) is 3.26. The molecule has 5 rings (SSSR count). The normalized spacial score (nSPS) is 17.3. The number of thioether (sulfide) groups is 1. The number of fused-ring (bicyclic) bond motifs is 2. The summed E-state index contributed by atoms with van der Waals surface area (Å²) in [5.74, 6) is 2.57. The van der Waals surface area contributed by atoms with Crippen LogP contribution in [0, 0.1) is 13.8 Å². The zero-order chi connectivity index (χ0) is 20.8. The molecule has 0 saturated heterocycles. The molecule has 0 radical (unpaired) electrons. The van der Waals surface area contributed by atoms with Crippen LogP contribution in [0.15, 0.2) is 58.6 Å². The third-order valence-corrected chi connectivity index (χ3v) is 6.17. The molecular formula is C22H23N6OS+. The Kier molecular flexibility index (Phi) is 4.58. The first-order valence-corrected chi connectivity index (χ1v) is 10.6. The molecule has 0 N–H and O–H groups in total. The van der Waals surface area contributed by atoms with Crippen molar-refractivity contribution in [2.24, 2.45) is 10.1 Å². The number of aromatic nitrogens is 3. The van der Waals surface area contributed by atoms with Gasteiger partial charge in [-0.3, -0.25) is 0 Å². The maximum atomic E-state index is 5.56. The summed E-state index contributed by atoms with van der Waals surface area (Å²) in [6, 6.07) is 16.6. The number of hydrazone groups is 1. The fourth-order valence-electron chi connectivity index (χ4n) is 3.82. The maximum Gasteiger partial charge on any atom is 0.387 e. The van der Waals surface area contributed by atoms with Crippen LogP contribution in [0.1, 0.15) is 35.6 Å². The summed E-state index contributed by atoms with van der Waals surface area (Å²) < 4.78 is 9.67. The van der Waals surface area contributed by atoms with Gasteiger partial charge in [0.2, 0.25) is 12.0 Å². The van der Waals surface area contributed by atoms with Gasteiger partial charge in [0.05, 0.1) is 18.7 Å². The van der Waals surface area contributed by atoms with Gasteiger partial charge in [-0.1, -0.05) is 57.7 Å². The molecule has 2 aliphatic rings. The Morgan fingerprint density at radius 3 is 2.60 bits per heavy atom. The first-order chi connectivity index (χ1) is 14.5. The Morgan fingerprint density at radius 2 is 1.83 bits per heavy atom. The third-order valence-electron chi connectivity index (χ3n) is 5.33. The quantitative estimate of drug-likeness (QED) is 0.604. The van der Waals surface area contributed by atoms with Crippen LogP contribution in [-0.4, -0.2) is 32.1 Å². The molecule has 2 aliphatic heterocycles. The number of para-hydroxylation sites is 1. The molecule has 8 heteroatoms. The smallest absolute Gasteiger partial charge is 0.387 e. The summed E-state index contributed by atoms with van der Waals surface area (Å²) >= 11 is 1.59. The van der Waals surface area contributed by atoms with Gasteiger partial charge < -0.3 is 4.74 Å². The highest BCUT2D eigenvalue weighted by molar-refractivity contribution is 8.26. The minimum Gasteiger partial charge on any atom is -0.496 e. The topological polar surface area (TPSA) is 58.9 Å². The number of aliphatic imine (C=N–C) groups is 1. The van der Waals surface area contributed by atoms with Crippen LogP contribution in [-0.2, 0) is 6.54 Å². The molecule has 1 atom stereocenters. The Balaban J connectivity index is 1.64. The highest BCUT2D eigenvalue weighted by Gasteiger charge is 2.44. The van der Waals surface area contributed by atoms with Gasteiger partial charge in [0.25, 0.3) is 5.17 Å². The molecule has 1 unspecified atom stereocenters. The number of hydrogen-bond donors (Lipinski definition) is 0. The number of methoxy groups -OCH3 is 1. The van der Waals surface area contributed by atoms with Crippen LogP contribution < -0.4 is 9.30 Å². The second-order valence-corrected chi connectivity index (χ2v) is 8.59. The van der Waals surface area contributed by atoms with Gasteiger partial charge in [-0.2, -0.15) is 10.1 Å². The predicted octanol–water partition coefficient (Wildman–Crippen LogP) is 3.77. The Hall–Kier alpha value is -3.13. The zero-order valence-electron chi connectivity index (χ0n) is 17.4. The molecule has 3 aromatic rings. The van der Waals surface area contributed by atoms with E-state index in [1.165, 1.54) is 5.56 Å². The number of ether oxygens (including phenoxy) is 1. The number of hydrogen-bond acceptors (Lipinski definition) is 6. The highest BCUT2D eigenvalue weighted by atomic mass is 32.2. The van der Waals surface area contributed by atoms with Crippen LogP contribution in [0.5, 0.6) is 5.75 Å². The Bertz CT molecular complexity index is 1180. The van der Waals surface area contributed by atoms with E-state index in [2.05, 4.69) is 41.8 Å². The fourth-order valence-corrected chi connectivity index (χ4v) is 4.58. The number of nitrogens with zero attached hydrogens (tertiary/aromatic N) is 6. The van der Waals surface area contributed by atoms with E-state index in [-0.39, 0.29) is 6.17 Å². The molecule has 2 aromatic carbocycles. The van der Waals surface area contributed by atoms with Crippen LogP contribution in [0.4, 0.5) is 5.95 Å². The van der Waals surface area contributed by atoms with E-state index in [9.17, 15) is 0 Å². The largest absolute Gasteiger partial charge is 0.496 e. The molecular weight excluding hydrogens is 396 g/mol. The summed E-state index contributed by atoms with van der Waals surface area (Å²) in [4.78, 5) is 4.94. The number of benzene rings is 2. The summed E-state index contributed by atoms with van der Waals surface area (Å²) in [6.45, 7) is 6.75. The molecule has 30 heavy (non-hydrogen) atoms. The lowest BCUT2D eigenvalue weighted by molar-refractivity contribution is -0.682. The van der Waals surface area contributed by atoms with Crippen LogP contribution in [0.3, 0.4) is 0 Å². The summed E-state index contributed by atoms with van der Waals surface area (Å²) in [6.07, 6.45) is -0.171. The molecule has 0 saturated carbocycles. The van der Waals surface area contributed by atoms with E-state index >= 15 is 0 Å². The molecule has 0 fully saturated rings. The van der Waals surface area contributed by atoms with Crippen molar-refractivity contribution in [3.63, 3.8) is 0 Å². The minimum atomic E-state index is -0.171. The Morgan fingerprint density at radius 1 is 1.07 bits per heavy atom. The van der Waals surface area contributed by atoms with E-state index in [1.54, 1.807) is 18.9 Å². The molecule has 3 heterocycles. The van der Waals surface area contributed by atoms with Gasteiger partial charge >= 0.3 is 5.95 Å². The van der Waals surface area contributed by atoms with Gasteiger partial charge in [-0.15, -0.1) is 0 Å². The number of aryl methyl sites for hydroxylation is 2. The standard InChI is InChI=1S/C22H23N6OS/c1-14-9-11-17(12-10-14)20-27-21(23-22-28(20)25-16(3)30-22)26(15(2)24-27)13-18-7-5-6-8-19(18)29-4/h5-12,20H,13H2,1-4H3/q+1. The lowest BCUT2D eigenvalue weighted by Crippen LogP contribution is -2.40. The maximum absolute atomic E-state index is 5.56. The van der Waals surface area contributed by atoms with Gasteiger partial charge in [0.15, 0.2) is 0 Å². The lowest BCUT2D eigenvalue weighted by atomic mass is 10.1. The van der Waals surface area contributed by atoms with Gasteiger partial charge in [0.1, 0.15) is 5.75 Å². The Labute approximate surface area is 179 Å². The van der Waals surface area contributed by atoms with Gasteiger partial charge in [-0.25, -0.2) is 4.57 Å². The predicted molar refractivity (Wildman–Crippen MR) is 118 cm³/mol. The molecule has 152 valence electrons. The molecule has 7 nitrogen and oxygen atoms in total. The van der Waals surface area contributed by atoms with E-state index in [4.69, 9.17) is 19.9 Å². The van der Waals surface area contributed by atoms with Crippen molar-refractivity contribution < 1.29 is 9.30 Å². The van der Waals surface area contributed by atoms with Crippen LogP contribution in [0.2, 0.25) is 0 Å². The summed E-state index contributed by atoms with van der Waals surface area (Å²) in [5, 5.41) is 13.4. The molecule has 0 bridgehead atoms. The molecule has 1 aromatic heterocycles. The van der Waals surface area contributed by atoms with Gasteiger partial charge in [-0.05, 0) is 36.8 Å². The van der Waals surface area contributed by atoms with Crippen molar-refractivity contribution in [2.45, 2.75) is 33.5 Å². The fraction of sp³-hybridized carbons (Fsp3) is 0.273. The van der Waals surface area contributed by atoms with Crippen molar-refractivity contribution >= 4 is 27.9 Å². The average molecular weight is 420 g/mol. The van der Waals surface area contributed by atoms with E-state index in [1.807, 2.05) is 41.7 Å². The first-order valence-electron chi connectivity index (χ1n) is 9.83. The van der Waals surface area contributed by atoms with Crippen molar-refractivity contribution in [3.05, 3.63) is 71.0 Å². The monoisotopic (exact) mass is 419 g/mol. The van der Waals surface area contributed by atoms with E-state index < -0.39 is 0 Å². The van der Waals surface area contributed by atoms with Gasteiger partial charge in [0, 0.05) is 18.1 Å². The van der Waals surface area contributed by atoms with Crippen molar-refractivity contribution in [1.82, 2.24) is 14.8 Å². The third kappa shape index (κ3) is 3.08. The van der Waals surface area contributed by atoms with E-state index in [0.29, 0.717) is 6.54 Å². The molecule has 0 spiro atoms. The second-order valence-electron chi connectivity index (χ2n) is 7.43. The second kappa shape index (κ2) is 7.28. The van der Waals surface area contributed by atoms with Crippen LogP contribution >= 0.6 is 11.8 Å². The van der Waals surface area contributed by atoms with Crippen molar-refractivity contribution in [3.8, 4) is 5.75 Å². The van der Waals surface area contributed by atoms with Crippen molar-refractivity contribution in [2.75, 3.05) is 7.11 Å². The van der Waals surface area contributed by atoms with Crippen molar-refractivity contribution in [1.29, 1.82) is 0 Å². The minimum absolute atomic E-state index is 0.171. The lowest BCUT2D eigenvalue weighted by Gasteiger charge is -2.25. The van der Waals surface area contributed by atoms with E-state index in [0.717, 1.165) is 38.9 Å². The highest BCUT2D eigenvalue weighted by Crippen LogP contribution is 2.38. The first kappa shape index (κ1) is 18.9.